The number of aromatic nitrogens is 3. The molecule has 1 aromatic carbocycles. The number of anilines is 1. The van der Waals surface area contributed by atoms with Crippen molar-refractivity contribution in [2.75, 3.05) is 24.5 Å². The highest BCUT2D eigenvalue weighted by Gasteiger charge is 2.39. The Balaban J connectivity index is 1.46. The first-order chi connectivity index (χ1) is 18.7. The number of amides is 1. The Morgan fingerprint density at radius 2 is 1.77 bits per heavy atom. The lowest BCUT2D eigenvalue weighted by Crippen LogP contribution is -2.61. The molecule has 0 spiro atoms. The summed E-state index contributed by atoms with van der Waals surface area (Å²) in [5.41, 5.74) is 3.48. The van der Waals surface area contributed by atoms with E-state index in [4.69, 9.17) is 21.0 Å². The second-order valence-electron chi connectivity index (χ2n) is 11.8. The van der Waals surface area contributed by atoms with Crippen LogP contribution in [-0.4, -0.2) is 62.0 Å². The fourth-order valence-corrected chi connectivity index (χ4v) is 5.22. The summed E-state index contributed by atoms with van der Waals surface area (Å²) < 4.78 is 6.23. The van der Waals surface area contributed by atoms with Gasteiger partial charge in [0.2, 0.25) is 5.95 Å². The van der Waals surface area contributed by atoms with Gasteiger partial charge in [-0.15, -0.1) is 0 Å². The van der Waals surface area contributed by atoms with Crippen molar-refractivity contribution >= 4 is 40.5 Å². The molecule has 0 radical (unpaired) electrons. The Labute approximate surface area is 237 Å². The third-order valence-corrected chi connectivity index (χ3v) is 7.48. The van der Waals surface area contributed by atoms with E-state index in [2.05, 4.69) is 30.7 Å². The molecule has 1 aliphatic rings. The number of hydrogen-bond donors (Lipinski definition) is 1. The number of rotatable bonds is 4. The van der Waals surface area contributed by atoms with Crippen molar-refractivity contribution < 1.29 is 19.1 Å². The Morgan fingerprint density at radius 1 is 1.07 bits per heavy atom. The summed E-state index contributed by atoms with van der Waals surface area (Å²) in [4.78, 5) is 42.6. The number of furan rings is 1. The number of piperazine rings is 1. The maximum atomic E-state index is 13.8. The number of carboxylic acid groups (broad SMARTS) is 1. The van der Waals surface area contributed by atoms with Gasteiger partial charge in [0.05, 0.1) is 11.2 Å². The van der Waals surface area contributed by atoms with Crippen LogP contribution in [0.1, 0.15) is 66.8 Å². The molecule has 0 aliphatic carbocycles. The number of carbonyl (C=O) groups is 2. The van der Waals surface area contributed by atoms with Crippen molar-refractivity contribution in [1.29, 1.82) is 0 Å². The fraction of sp³-hybridized carbons (Fsp3) is 0.367. The summed E-state index contributed by atoms with van der Waals surface area (Å²) in [6, 6.07) is 11.2. The smallest absolute Gasteiger partial charge is 0.354 e. The molecular formula is C30H32ClN5O4. The number of aryl methyl sites for hydroxylation is 1. The first-order valence-corrected chi connectivity index (χ1v) is 13.5. The summed E-state index contributed by atoms with van der Waals surface area (Å²) in [5, 5.41) is 10.1. The molecular weight excluding hydrogens is 530 g/mol. The van der Waals surface area contributed by atoms with E-state index in [9.17, 15) is 14.7 Å². The fourth-order valence-electron chi connectivity index (χ4n) is 5.09. The average Bonchev–Trinajstić information content (AvgIpc) is 3.31. The number of hydrogen-bond acceptors (Lipinski definition) is 7. The van der Waals surface area contributed by atoms with Gasteiger partial charge in [-0.05, 0) is 44.4 Å². The Morgan fingerprint density at radius 3 is 2.40 bits per heavy atom. The molecule has 1 saturated heterocycles. The van der Waals surface area contributed by atoms with Crippen LogP contribution in [0.4, 0.5) is 5.95 Å². The maximum absolute atomic E-state index is 13.8. The van der Waals surface area contributed by atoms with Gasteiger partial charge in [0.25, 0.3) is 5.91 Å². The number of halogens is 1. The summed E-state index contributed by atoms with van der Waals surface area (Å²) in [7, 11) is 0. The van der Waals surface area contributed by atoms with Crippen molar-refractivity contribution in [3.05, 3.63) is 70.2 Å². The van der Waals surface area contributed by atoms with E-state index in [0.29, 0.717) is 47.3 Å². The third-order valence-electron chi connectivity index (χ3n) is 7.23. The van der Waals surface area contributed by atoms with Crippen LogP contribution in [-0.2, 0) is 5.41 Å². The molecule has 1 amide bonds. The van der Waals surface area contributed by atoms with Crippen LogP contribution < -0.4 is 4.90 Å². The van der Waals surface area contributed by atoms with Crippen LogP contribution in [0, 0.1) is 6.92 Å². The van der Waals surface area contributed by atoms with Crippen LogP contribution in [0.2, 0.25) is 5.02 Å². The monoisotopic (exact) mass is 561 g/mol. The Hall–Kier alpha value is -3.98. The Kier molecular flexibility index (Phi) is 6.82. The molecule has 9 nitrogen and oxygen atoms in total. The number of benzene rings is 1. The van der Waals surface area contributed by atoms with Crippen LogP contribution in [0.25, 0.3) is 22.4 Å². The lowest BCUT2D eigenvalue weighted by atomic mass is 9.86. The lowest BCUT2D eigenvalue weighted by Gasteiger charge is -2.46. The van der Waals surface area contributed by atoms with Gasteiger partial charge in [0.1, 0.15) is 5.52 Å². The molecule has 40 heavy (non-hydrogen) atoms. The zero-order valence-corrected chi connectivity index (χ0v) is 24.2. The van der Waals surface area contributed by atoms with Gasteiger partial charge < -0.3 is 19.3 Å². The predicted octanol–water partition coefficient (Wildman–Crippen LogP) is 5.98. The standard InChI is InChI=1S/C30H32ClN5O4/c1-17-15-32-28(34-24(17)27(38)39)35-11-12-36(30(5,6)16-35)26(37)23-14-22-25(40-23)20(29(2,3)4)13-21(33-22)18-7-9-19(31)10-8-18/h7-10,13-15H,11-12,16H2,1-6H3,(H,38,39). The van der Waals surface area contributed by atoms with E-state index in [0.717, 1.165) is 16.8 Å². The maximum Gasteiger partial charge on any atom is 0.354 e. The normalized spacial score (nSPS) is 15.5. The number of aromatic carboxylic acids is 1. The van der Waals surface area contributed by atoms with Crippen molar-refractivity contribution in [2.45, 2.75) is 52.5 Å². The highest BCUT2D eigenvalue weighted by molar-refractivity contribution is 6.30. The molecule has 1 aliphatic heterocycles. The van der Waals surface area contributed by atoms with Crippen LogP contribution >= 0.6 is 11.6 Å². The largest absolute Gasteiger partial charge is 0.476 e. The van der Waals surface area contributed by atoms with Gasteiger partial charge in [-0.3, -0.25) is 4.79 Å². The minimum Gasteiger partial charge on any atom is -0.476 e. The quantitative estimate of drug-likeness (QED) is 0.323. The highest BCUT2D eigenvalue weighted by atomic mass is 35.5. The number of fused-ring (bicyclic) bond motifs is 1. The molecule has 208 valence electrons. The number of pyridine rings is 1. The van der Waals surface area contributed by atoms with E-state index >= 15 is 0 Å². The molecule has 1 fully saturated rings. The van der Waals surface area contributed by atoms with Crippen molar-refractivity contribution in [3.8, 4) is 11.3 Å². The van der Waals surface area contributed by atoms with E-state index in [1.165, 1.54) is 6.20 Å². The topological polar surface area (TPSA) is 113 Å². The SMILES string of the molecule is Cc1cnc(N2CCN(C(=O)c3cc4nc(-c5ccc(Cl)cc5)cc(C(C)(C)C)c4o3)C(C)(C)C2)nc1C(=O)O. The van der Waals surface area contributed by atoms with E-state index in [-0.39, 0.29) is 22.8 Å². The predicted molar refractivity (Wildman–Crippen MR) is 154 cm³/mol. The average molecular weight is 562 g/mol. The molecule has 4 heterocycles. The van der Waals surface area contributed by atoms with Crippen molar-refractivity contribution in [1.82, 2.24) is 19.9 Å². The minimum absolute atomic E-state index is 0.0243. The molecule has 4 aromatic rings. The zero-order chi connectivity index (χ0) is 29.0. The van der Waals surface area contributed by atoms with Crippen molar-refractivity contribution in [2.24, 2.45) is 0 Å². The minimum atomic E-state index is -1.10. The Bertz CT molecular complexity index is 1620. The van der Waals surface area contributed by atoms with Crippen molar-refractivity contribution in [3.63, 3.8) is 0 Å². The van der Waals surface area contributed by atoms with E-state index < -0.39 is 11.5 Å². The second kappa shape index (κ2) is 9.89. The molecule has 5 rings (SSSR count). The molecule has 0 unspecified atom stereocenters. The van der Waals surface area contributed by atoms with Gasteiger partial charge in [-0.25, -0.2) is 19.7 Å². The first kappa shape index (κ1) is 27.6. The first-order valence-electron chi connectivity index (χ1n) is 13.1. The summed E-state index contributed by atoms with van der Waals surface area (Å²) in [5.74, 6) is -0.767. The molecule has 10 heteroatoms. The summed E-state index contributed by atoms with van der Waals surface area (Å²) >= 11 is 6.09. The van der Waals surface area contributed by atoms with Gasteiger partial charge in [-0.1, -0.05) is 44.5 Å². The van der Waals surface area contributed by atoms with E-state index in [1.807, 2.05) is 49.1 Å². The molecule has 1 N–H and O–H groups in total. The highest BCUT2D eigenvalue weighted by Crippen LogP contribution is 2.36. The van der Waals surface area contributed by atoms with Crippen LogP contribution in [0.5, 0.6) is 0 Å². The summed E-state index contributed by atoms with van der Waals surface area (Å²) in [6.07, 6.45) is 1.52. The summed E-state index contributed by atoms with van der Waals surface area (Å²) in [6.45, 7) is 13.1. The number of carbonyl (C=O) groups excluding carboxylic acids is 1. The zero-order valence-electron chi connectivity index (χ0n) is 23.4. The molecule has 3 aromatic heterocycles. The number of nitrogens with zero attached hydrogens (tertiary/aromatic N) is 5. The van der Waals surface area contributed by atoms with Crippen LogP contribution in [0.3, 0.4) is 0 Å². The molecule has 0 atom stereocenters. The molecule has 0 saturated carbocycles. The van der Waals surface area contributed by atoms with Gasteiger partial charge >= 0.3 is 5.97 Å². The third kappa shape index (κ3) is 5.13. The second-order valence-corrected chi connectivity index (χ2v) is 12.3. The van der Waals surface area contributed by atoms with Gasteiger partial charge in [0.15, 0.2) is 17.0 Å². The van der Waals surface area contributed by atoms with Crippen LogP contribution in [0.15, 0.2) is 47.0 Å². The van der Waals surface area contributed by atoms with E-state index in [1.54, 1.807) is 17.9 Å². The van der Waals surface area contributed by atoms with Gasteiger partial charge in [0, 0.05) is 53.6 Å². The lowest BCUT2D eigenvalue weighted by molar-refractivity contribution is 0.0482. The number of carboxylic acids is 1. The molecule has 0 bridgehead atoms. The van der Waals surface area contributed by atoms with Gasteiger partial charge in [-0.2, -0.15) is 0 Å².